The van der Waals surface area contributed by atoms with Crippen molar-refractivity contribution in [3.05, 3.63) is 65.6 Å². The standard InChI is InChI=1S/C26H32FN3O4S/c1-16(31)13-23-14-20-7-12-24(15-25(20)29-23)35(33,34)30-22-10-5-19(6-11-22)26(32)28-17(2)18-3-8-21(27)9-4-18/h3-4,7-9,12,14-17,19,22,29-31H,5-6,10-11,13H2,1-2H3,(H,28,32)/t16?,17-,19-,22-/m1/s1. The van der Waals surface area contributed by atoms with E-state index in [1.54, 1.807) is 37.3 Å². The molecule has 1 fully saturated rings. The van der Waals surface area contributed by atoms with Gasteiger partial charge in [-0.3, -0.25) is 4.79 Å². The van der Waals surface area contributed by atoms with Gasteiger partial charge in [-0.15, -0.1) is 0 Å². The molecule has 1 unspecified atom stereocenters. The van der Waals surface area contributed by atoms with Crippen LogP contribution in [0.3, 0.4) is 0 Å². The van der Waals surface area contributed by atoms with E-state index < -0.39 is 16.1 Å². The third-order valence-electron chi connectivity index (χ3n) is 6.62. The first kappa shape index (κ1) is 25.3. The number of hydrogen-bond donors (Lipinski definition) is 4. The highest BCUT2D eigenvalue weighted by molar-refractivity contribution is 7.89. The van der Waals surface area contributed by atoms with Crippen molar-refractivity contribution in [3.63, 3.8) is 0 Å². The molecule has 0 spiro atoms. The number of amides is 1. The number of nitrogens with one attached hydrogen (secondary N) is 3. The van der Waals surface area contributed by atoms with Crippen molar-refractivity contribution in [1.82, 2.24) is 15.0 Å². The minimum absolute atomic E-state index is 0.0617. The molecule has 1 heterocycles. The van der Waals surface area contributed by atoms with E-state index in [1.165, 1.54) is 12.1 Å². The molecule has 9 heteroatoms. The molecule has 0 radical (unpaired) electrons. The number of sulfonamides is 1. The van der Waals surface area contributed by atoms with Crippen LogP contribution in [0.1, 0.15) is 56.8 Å². The summed E-state index contributed by atoms with van der Waals surface area (Å²) in [5.41, 5.74) is 2.39. The molecule has 4 N–H and O–H groups in total. The second-order valence-electron chi connectivity index (χ2n) is 9.55. The third-order valence-corrected chi connectivity index (χ3v) is 8.14. The molecule has 0 saturated heterocycles. The predicted molar refractivity (Wildman–Crippen MR) is 133 cm³/mol. The fraction of sp³-hybridized carbons (Fsp3) is 0.423. The number of benzene rings is 2. The number of carbonyl (C=O) groups is 1. The Morgan fingerprint density at radius 2 is 1.77 bits per heavy atom. The number of fused-ring (bicyclic) bond motifs is 1. The van der Waals surface area contributed by atoms with E-state index in [4.69, 9.17) is 0 Å². The van der Waals surface area contributed by atoms with Crippen molar-refractivity contribution in [2.24, 2.45) is 5.92 Å². The van der Waals surface area contributed by atoms with Crippen molar-refractivity contribution in [1.29, 1.82) is 0 Å². The SMILES string of the molecule is CC(O)Cc1cc2ccc(S(=O)(=O)N[C@H]3CC[C@H](C(=O)N[C@H](C)c4ccc(F)cc4)CC3)cc2[nH]1. The molecular weight excluding hydrogens is 469 g/mol. The molecule has 2 atom stereocenters. The number of aromatic nitrogens is 1. The van der Waals surface area contributed by atoms with Gasteiger partial charge in [0.25, 0.3) is 0 Å². The minimum Gasteiger partial charge on any atom is -0.393 e. The van der Waals surface area contributed by atoms with Crippen LogP contribution in [0.25, 0.3) is 10.9 Å². The van der Waals surface area contributed by atoms with Crippen LogP contribution in [0.5, 0.6) is 0 Å². The molecule has 2 aromatic carbocycles. The topological polar surface area (TPSA) is 111 Å². The van der Waals surface area contributed by atoms with Crippen molar-refractivity contribution < 1.29 is 22.7 Å². The summed E-state index contributed by atoms with van der Waals surface area (Å²) in [6.45, 7) is 3.56. The minimum atomic E-state index is -3.71. The fourth-order valence-corrected chi connectivity index (χ4v) is 6.02. The van der Waals surface area contributed by atoms with Crippen molar-refractivity contribution in [2.45, 2.75) is 69.0 Å². The Balaban J connectivity index is 1.33. The normalized spacial score (nSPS) is 20.5. The monoisotopic (exact) mass is 501 g/mol. The molecule has 35 heavy (non-hydrogen) atoms. The highest BCUT2D eigenvalue weighted by atomic mass is 32.2. The average molecular weight is 502 g/mol. The van der Waals surface area contributed by atoms with Gasteiger partial charge in [0.05, 0.1) is 17.0 Å². The van der Waals surface area contributed by atoms with Gasteiger partial charge in [-0.2, -0.15) is 0 Å². The van der Waals surface area contributed by atoms with Crippen LogP contribution in [0.4, 0.5) is 4.39 Å². The van der Waals surface area contributed by atoms with Gasteiger partial charge in [0.2, 0.25) is 15.9 Å². The summed E-state index contributed by atoms with van der Waals surface area (Å²) >= 11 is 0. The Morgan fingerprint density at radius 3 is 2.43 bits per heavy atom. The van der Waals surface area contributed by atoms with Gasteiger partial charge in [-0.05, 0) is 80.8 Å². The van der Waals surface area contributed by atoms with Crippen LogP contribution in [-0.4, -0.2) is 36.6 Å². The van der Waals surface area contributed by atoms with E-state index in [2.05, 4.69) is 15.0 Å². The maximum absolute atomic E-state index is 13.1. The predicted octanol–water partition coefficient (Wildman–Crippen LogP) is 3.94. The van der Waals surface area contributed by atoms with E-state index >= 15 is 0 Å². The van der Waals surface area contributed by atoms with Gasteiger partial charge in [-0.25, -0.2) is 17.5 Å². The van der Waals surface area contributed by atoms with E-state index in [0.717, 1.165) is 16.6 Å². The Bertz CT molecular complexity index is 1280. The van der Waals surface area contributed by atoms with E-state index in [9.17, 15) is 22.7 Å². The van der Waals surface area contributed by atoms with Crippen molar-refractivity contribution in [3.8, 4) is 0 Å². The quantitative estimate of drug-likeness (QED) is 0.375. The van der Waals surface area contributed by atoms with Crippen LogP contribution in [0, 0.1) is 11.7 Å². The number of carbonyl (C=O) groups excluding carboxylic acids is 1. The summed E-state index contributed by atoms with van der Waals surface area (Å²) in [5.74, 6) is -0.559. The number of hydrogen-bond acceptors (Lipinski definition) is 4. The number of halogens is 1. The molecule has 0 aliphatic heterocycles. The third kappa shape index (κ3) is 6.28. The van der Waals surface area contributed by atoms with E-state index in [1.807, 2.05) is 13.0 Å². The second-order valence-corrected chi connectivity index (χ2v) is 11.3. The number of aromatic amines is 1. The molecule has 1 aromatic heterocycles. The van der Waals surface area contributed by atoms with E-state index in [0.29, 0.717) is 37.6 Å². The molecule has 4 rings (SSSR count). The molecule has 7 nitrogen and oxygen atoms in total. The lowest BCUT2D eigenvalue weighted by molar-refractivity contribution is -0.126. The average Bonchev–Trinajstić information content (AvgIpc) is 3.20. The maximum Gasteiger partial charge on any atom is 0.240 e. The zero-order valence-electron chi connectivity index (χ0n) is 19.9. The Kier molecular flexibility index (Phi) is 7.59. The van der Waals surface area contributed by atoms with Gasteiger partial charge in [-0.1, -0.05) is 18.2 Å². The molecule has 0 bridgehead atoms. The van der Waals surface area contributed by atoms with Gasteiger partial charge in [0.1, 0.15) is 5.82 Å². The first-order valence-electron chi connectivity index (χ1n) is 12.0. The summed E-state index contributed by atoms with van der Waals surface area (Å²) < 4.78 is 41.9. The second kappa shape index (κ2) is 10.5. The van der Waals surface area contributed by atoms with Gasteiger partial charge >= 0.3 is 0 Å². The number of aliphatic hydroxyl groups excluding tert-OH is 1. The molecule has 1 amide bonds. The number of H-pyrrole nitrogens is 1. The largest absolute Gasteiger partial charge is 0.393 e. The van der Waals surface area contributed by atoms with Gasteiger partial charge in [0.15, 0.2) is 0 Å². The summed E-state index contributed by atoms with van der Waals surface area (Å²) in [7, 11) is -3.71. The fourth-order valence-electron chi connectivity index (χ4n) is 4.69. The molecule has 1 saturated carbocycles. The maximum atomic E-state index is 13.1. The Hall–Kier alpha value is -2.75. The molecule has 3 aromatic rings. The van der Waals surface area contributed by atoms with Crippen LogP contribution in [0.2, 0.25) is 0 Å². The lowest BCUT2D eigenvalue weighted by atomic mass is 9.85. The molecule has 1 aliphatic rings. The van der Waals surface area contributed by atoms with Crippen molar-refractivity contribution in [2.75, 3.05) is 0 Å². The molecular formula is C26H32FN3O4S. The van der Waals surface area contributed by atoms with Crippen LogP contribution >= 0.6 is 0 Å². The lowest BCUT2D eigenvalue weighted by Gasteiger charge is -2.29. The molecule has 188 valence electrons. The van der Waals surface area contributed by atoms with E-state index in [-0.39, 0.29) is 34.6 Å². The van der Waals surface area contributed by atoms with Crippen LogP contribution in [-0.2, 0) is 21.2 Å². The summed E-state index contributed by atoms with van der Waals surface area (Å²) in [6.07, 6.45) is 2.31. The molecule has 1 aliphatic carbocycles. The highest BCUT2D eigenvalue weighted by Crippen LogP contribution is 2.27. The highest BCUT2D eigenvalue weighted by Gasteiger charge is 2.30. The van der Waals surface area contributed by atoms with Gasteiger partial charge < -0.3 is 15.4 Å². The zero-order valence-corrected chi connectivity index (χ0v) is 20.7. The lowest BCUT2D eigenvalue weighted by Crippen LogP contribution is -2.41. The first-order valence-corrected chi connectivity index (χ1v) is 13.5. The summed E-state index contributed by atoms with van der Waals surface area (Å²) in [4.78, 5) is 16.1. The summed E-state index contributed by atoms with van der Waals surface area (Å²) in [5, 5.41) is 13.5. The Morgan fingerprint density at radius 1 is 1.09 bits per heavy atom. The number of rotatable bonds is 8. The van der Waals surface area contributed by atoms with Crippen LogP contribution in [0.15, 0.2) is 53.4 Å². The number of aliphatic hydroxyl groups is 1. The van der Waals surface area contributed by atoms with Crippen molar-refractivity contribution >= 4 is 26.8 Å². The summed E-state index contributed by atoms with van der Waals surface area (Å²) in [6, 6.07) is 12.5. The smallest absolute Gasteiger partial charge is 0.240 e. The zero-order chi connectivity index (χ0) is 25.2. The first-order chi connectivity index (χ1) is 16.6. The van der Waals surface area contributed by atoms with Gasteiger partial charge in [0, 0.05) is 29.6 Å². The Labute approximate surface area is 205 Å². The van der Waals surface area contributed by atoms with Crippen LogP contribution < -0.4 is 10.0 Å².